The van der Waals surface area contributed by atoms with E-state index in [4.69, 9.17) is 4.74 Å². The number of nitrogens with one attached hydrogen (secondary N) is 1. The zero-order chi connectivity index (χ0) is 24.9. The molecule has 5 rings (SSSR count). The number of carbonyl (C=O) groups excluding carboxylic acids is 1. The maximum Gasteiger partial charge on any atom is 0.410 e. The summed E-state index contributed by atoms with van der Waals surface area (Å²) in [5.74, 6) is -0.492. The lowest BCUT2D eigenvalue weighted by molar-refractivity contribution is 0.0154. The molecule has 1 aliphatic carbocycles. The number of benzene rings is 1. The average molecular weight is 501 g/mol. The van der Waals surface area contributed by atoms with Crippen molar-refractivity contribution in [3.63, 3.8) is 0 Å². The lowest BCUT2D eigenvalue weighted by Gasteiger charge is -2.35. The molecular weight excluding hydrogens is 471 g/mol. The fourth-order valence-electron chi connectivity index (χ4n) is 4.46. The largest absolute Gasteiger partial charge is 0.444 e. The van der Waals surface area contributed by atoms with E-state index in [9.17, 15) is 18.8 Å². The minimum Gasteiger partial charge on any atom is -0.444 e. The van der Waals surface area contributed by atoms with Gasteiger partial charge in [-0.1, -0.05) is 12.2 Å². The molecule has 1 saturated carbocycles. The molecule has 2 fully saturated rings. The molecule has 1 saturated heterocycles. The van der Waals surface area contributed by atoms with Crippen molar-refractivity contribution in [1.29, 1.82) is 0 Å². The van der Waals surface area contributed by atoms with Crippen LogP contribution < -0.4 is 11.0 Å². The van der Waals surface area contributed by atoms with Gasteiger partial charge in [0, 0.05) is 49.7 Å². The fourth-order valence-corrected chi connectivity index (χ4v) is 5.38. The topological polar surface area (TPSA) is 87.6 Å². The van der Waals surface area contributed by atoms with Gasteiger partial charge in [0.15, 0.2) is 0 Å². The van der Waals surface area contributed by atoms with Gasteiger partial charge in [-0.05, 0) is 57.3 Å². The molecule has 0 spiro atoms. The molecule has 2 aliphatic rings. The van der Waals surface area contributed by atoms with Gasteiger partial charge in [0.1, 0.15) is 21.6 Å². The van der Waals surface area contributed by atoms with Crippen LogP contribution in [0.25, 0.3) is 27.2 Å². The van der Waals surface area contributed by atoms with Gasteiger partial charge < -0.3 is 14.2 Å². The second-order valence-electron chi connectivity index (χ2n) is 10.2. The molecule has 1 N–H and O–H groups in total. The highest BCUT2D eigenvalue weighted by Crippen LogP contribution is 2.40. The number of aromatic nitrogens is 2. The number of hydrogen-bond donors (Lipinski definition) is 1. The highest BCUT2D eigenvalue weighted by atomic mass is 32.1. The molecule has 0 bridgehead atoms. The number of ether oxygens (including phenoxy) is 1. The Morgan fingerprint density at radius 1 is 1.20 bits per heavy atom. The van der Waals surface area contributed by atoms with E-state index in [0.29, 0.717) is 48.6 Å². The van der Waals surface area contributed by atoms with Gasteiger partial charge in [-0.2, -0.15) is 0 Å². The van der Waals surface area contributed by atoms with Crippen LogP contribution in [0.15, 0.2) is 27.8 Å². The van der Waals surface area contributed by atoms with E-state index in [1.165, 1.54) is 6.07 Å². The average Bonchev–Trinajstić information content (AvgIpc) is 3.56. The third kappa shape index (κ3) is 4.77. The van der Waals surface area contributed by atoms with E-state index < -0.39 is 22.4 Å². The predicted molar refractivity (Wildman–Crippen MR) is 136 cm³/mol. The summed E-state index contributed by atoms with van der Waals surface area (Å²) in [5, 5.41) is 0.351. The van der Waals surface area contributed by atoms with Crippen molar-refractivity contribution in [3.8, 4) is 0 Å². The van der Waals surface area contributed by atoms with Crippen LogP contribution in [0.5, 0.6) is 0 Å². The van der Waals surface area contributed by atoms with Crippen molar-refractivity contribution in [2.45, 2.75) is 45.3 Å². The molecule has 0 radical (unpaired) electrons. The molecular formula is C25H29FN4O4S. The molecule has 1 amide bonds. The van der Waals surface area contributed by atoms with Gasteiger partial charge in [-0.25, -0.2) is 9.18 Å². The summed E-state index contributed by atoms with van der Waals surface area (Å²) in [6, 6.07) is 3.19. The van der Waals surface area contributed by atoms with E-state index in [0.717, 1.165) is 24.4 Å². The van der Waals surface area contributed by atoms with Crippen LogP contribution in [-0.2, 0) is 4.74 Å². The number of rotatable bonds is 4. The number of nitrogens with zero attached hydrogens (tertiary/aromatic N) is 3. The minimum absolute atomic E-state index is 0.114. The number of pyridine rings is 1. The van der Waals surface area contributed by atoms with Crippen LogP contribution in [0, 0.1) is 5.82 Å². The number of fused-ring (bicyclic) bond motifs is 2. The minimum atomic E-state index is -0.518. The summed E-state index contributed by atoms with van der Waals surface area (Å²) in [5.41, 5.74) is -0.293. The second-order valence-corrected chi connectivity index (χ2v) is 11.0. The van der Waals surface area contributed by atoms with Crippen LogP contribution in [-0.4, -0.2) is 63.2 Å². The van der Waals surface area contributed by atoms with Gasteiger partial charge in [0.05, 0.1) is 5.52 Å². The monoisotopic (exact) mass is 500 g/mol. The lowest BCUT2D eigenvalue weighted by Crippen LogP contribution is -2.49. The third-order valence-corrected chi connectivity index (χ3v) is 7.23. The first-order chi connectivity index (χ1) is 16.6. The number of H-pyrrole nitrogens is 1. The standard InChI is InChI=1S/C25H29FN4O4S/c1-25(2,3)34-24(33)29-11-9-28(10-12-29)8-4-5-15-13-19-17(14-18(15)26)21(31)20-22(32)27-35-23(20)30(19)16-6-7-16/h4-5,13-14,16H,6-12H2,1-3H3,(H,27,32). The van der Waals surface area contributed by atoms with Crippen molar-refractivity contribution >= 4 is 44.8 Å². The van der Waals surface area contributed by atoms with Crippen LogP contribution in [0.3, 0.4) is 0 Å². The van der Waals surface area contributed by atoms with E-state index in [1.807, 2.05) is 31.4 Å². The summed E-state index contributed by atoms with van der Waals surface area (Å²) in [6.45, 7) is 8.74. The molecule has 1 aliphatic heterocycles. The van der Waals surface area contributed by atoms with Crippen LogP contribution in [0.1, 0.15) is 45.2 Å². The van der Waals surface area contributed by atoms with Crippen molar-refractivity contribution in [2.24, 2.45) is 0 Å². The molecule has 0 unspecified atom stereocenters. The Kier molecular flexibility index (Phi) is 6.04. The second kappa shape index (κ2) is 8.91. The summed E-state index contributed by atoms with van der Waals surface area (Å²) in [6.07, 6.45) is 5.28. The number of aromatic amines is 1. The van der Waals surface area contributed by atoms with Gasteiger partial charge >= 0.3 is 6.09 Å². The van der Waals surface area contributed by atoms with E-state index in [-0.39, 0.29) is 22.9 Å². The Morgan fingerprint density at radius 3 is 2.57 bits per heavy atom. The number of carbonyl (C=O) groups is 1. The van der Waals surface area contributed by atoms with Crippen molar-refractivity contribution < 1.29 is 13.9 Å². The summed E-state index contributed by atoms with van der Waals surface area (Å²) < 4.78 is 25.1. The van der Waals surface area contributed by atoms with Gasteiger partial charge in [0.2, 0.25) is 5.43 Å². The van der Waals surface area contributed by atoms with Crippen LogP contribution >= 0.6 is 11.5 Å². The quantitative estimate of drug-likeness (QED) is 0.586. The molecule has 2 aromatic heterocycles. The zero-order valence-corrected chi connectivity index (χ0v) is 20.9. The maximum atomic E-state index is 15.0. The van der Waals surface area contributed by atoms with Gasteiger partial charge in [-0.3, -0.25) is 18.9 Å². The van der Waals surface area contributed by atoms with Crippen molar-refractivity contribution in [3.05, 3.63) is 50.2 Å². The van der Waals surface area contributed by atoms with E-state index in [1.54, 1.807) is 17.0 Å². The van der Waals surface area contributed by atoms with E-state index in [2.05, 4.69) is 9.27 Å². The Bertz CT molecular complexity index is 1440. The van der Waals surface area contributed by atoms with Crippen LogP contribution in [0.2, 0.25) is 0 Å². The van der Waals surface area contributed by atoms with E-state index >= 15 is 0 Å². The third-order valence-electron chi connectivity index (χ3n) is 6.34. The molecule has 35 heavy (non-hydrogen) atoms. The van der Waals surface area contributed by atoms with Crippen LogP contribution in [0.4, 0.5) is 9.18 Å². The molecule has 186 valence electrons. The molecule has 8 nitrogen and oxygen atoms in total. The van der Waals surface area contributed by atoms with Crippen molar-refractivity contribution in [2.75, 3.05) is 32.7 Å². The zero-order valence-electron chi connectivity index (χ0n) is 20.1. The highest BCUT2D eigenvalue weighted by molar-refractivity contribution is 7.12. The first-order valence-electron chi connectivity index (χ1n) is 11.9. The smallest absolute Gasteiger partial charge is 0.410 e. The highest BCUT2D eigenvalue weighted by Gasteiger charge is 2.29. The normalized spacial score (nSPS) is 17.7. The molecule has 1 aromatic carbocycles. The Labute approximate surface area is 205 Å². The predicted octanol–water partition coefficient (Wildman–Crippen LogP) is 3.94. The Hall–Kier alpha value is -2.98. The summed E-state index contributed by atoms with van der Waals surface area (Å²) in [4.78, 5) is 41.9. The molecule has 10 heteroatoms. The molecule has 3 aromatic rings. The number of halogens is 1. The number of piperazine rings is 1. The van der Waals surface area contributed by atoms with Gasteiger partial charge in [0.25, 0.3) is 5.56 Å². The summed E-state index contributed by atoms with van der Waals surface area (Å²) in [7, 11) is 0. The molecule has 0 atom stereocenters. The Balaban J connectivity index is 1.34. The number of hydrogen-bond acceptors (Lipinski definition) is 6. The maximum absolute atomic E-state index is 15.0. The first kappa shape index (κ1) is 23.7. The fraction of sp³-hybridized carbons (Fsp3) is 0.480. The van der Waals surface area contributed by atoms with Gasteiger partial charge in [-0.15, -0.1) is 0 Å². The number of amides is 1. The Morgan fingerprint density at radius 2 is 1.91 bits per heavy atom. The first-order valence-corrected chi connectivity index (χ1v) is 12.7. The molecule has 3 heterocycles. The SMILES string of the molecule is CC(C)(C)OC(=O)N1CCN(CC=Cc2cc3c(cc2F)c(=O)c2c(=O)[nH]sc2n3C2CC2)CC1. The van der Waals surface area contributed by atoms with Crippen molar-refractivity contribution in [1.82, 2.24) is 18.7 Å². The summed E-state index contributed by atoms with van der Waals surface area (Å²) >= 11 is 1.16. The lowest BCUT2D eigenvalue weighted by atomic mass is 10.1.